The second-order valence-corrected chi connectivity index (χ2v) is 3.04. The van der Waals surface area contributed by atoms with Gasteiger partial charge in [0.05, 0.1) is 7.11 Å². The molecule has 0 aliphatic heterocycles. The molecule has 0 fully saturated rings. The summed E-state index contributed by atoms with van der Waals surface area (Å²) in [5.74, 6) is -1.08. The van der Waals surface area contributed by atoms with Crippen LogP contribution < -0.4 is 5.32 Å². The number of methoxy groups -OCH3 is 1. The molecule has 0 rings (SSSR count). The van der Waals surface area contributed by atoms with Crippen LogP contribution in [0.25, 0.3) is 0 Å². The van der Waals surface area contributed by atoms with Crippen LogP contribution in [0, 0.1) is 0 Å². The normalized spacial score (nSPS) is 11.4. The van der Waals surface area contributed by atoms with E-state index in [2.05, 4.69) is 10.1 Å². The number of allylic oxidation sites excluding steroid dienone is 1. The zero-order valence-electron chi connectivity index (χ0n) is 8.53. The molecule has 1 atom stereocenters. The first kappa shape index (κ1) is 12.5. The number of carbonyl (C=O) groups is 2. The summed E-state index contributed by atoms with van der Waals surface area (Å²) in [6.45, 7) is 3.72. The maximum atomic E-state index is 10.8. The number of nitrogens with one attached hydrogen (secondary N) is 1. The smallest absolute Gasteiger partial charge is 0.407 e. The van der Waals surface area contributed by atoms with Gasteiger partial charge < -0.3 is 15.2 Å². The van der Waals surface area contributed by atoms with Gasteiger partial charge in [-0.1, -0.05) is 11.6 Å². The largest absolute Gasteiger partial charge is 0.480 e. The number of aliphatic carboxylic acids is 1. The lowest BCUT2D eigenvalue weighted by Gasteiger charge is -2.11. The first-order chi connectivity index (χ1) is 6.47. The Bertz CT molecular complexity index is 243. The van der Waals surface area contributed by atoms with E-state index in [0.717, 1.165) is 5.57 Å². The topological polar surface area (TPSA) is 75.6 Å². The average Bonchev–Trinajstić information content (AvgIpc) is 2.10. The van der Waals surface area contributed by atoms with Crippen molar-refractivity contribution in [2.45, 2.75) is 26.3 Å². The van der Waals surface area contributed by atoms with Gasteiger partial charge in [0.25, 0.3) is 0 Å². The zero-order valence-corrected chi connectivity index (χ0v) is 8.53. The van der Waals surface area contributed by atoms with Gasteiger partial charge in [0.2, 0.25) is 0 Å². The molecule has 5 heteroatoms. The van der Waals surface area contributed by atoms with E-state index in [4.69, 9.17) is 5.11 Å². The summed E-state index contributed by atoms with van der Waals surface area (Å²) in [6, 6.07) is -0.933. The van der Waals surface area contributed by atoms with Crippen LogP contribution in [0.15, 0.2) is 11.6 Å². The summed E-state index contributed by atoms with van der Waals surface area (Å²) >= 11 is 0. The molecule has 0 aromatic rings. The summed E-state index contributed by atoms with van der Waals surface area (Å²) in [5.41, 5.74) is 1.00. The first-order valence-corrected chi connectivity index (χ1v) is 4.18. The highest BCUT2D eigenvalue weighted by Crippen LogP contribution is 1.99. The number of rotatable bonds is 4. The number of hydrogen-bond donors (Lipinski definition) is 2. The third-order valence-electron chi connectivity index (χ3n) is 1.54. The van der Waals surface area contributed by atoms with E-state index in [-0.39, 0.29) is 6.42 Å². The molecule has 0 aromatic carbocycles. The predicted octanol–water partition coefficient (Wildman–Crippen LogP) is 1.15. The molecule has 14 heavy (non-hydrogen) atoms. The van der Waals surface area contributed by atoms with Gasteiger partial charge in [-0.05, 0) is 20.3 Å². The summed E-state index contributed by atoms with van der Waals surface area (Å²) < 4.78 is 4.30. The lowest BCUT2D eigenvalue weighted by atomic mass is 10.1. The molecular weight excluding hydrogens is 186 g/mol. The van der Waals surface area contributed by atoms with E-state index in [9.17, 15) is 9.59 Å². The van der Waals surface area contributed by atoms with Crippen molar-refractivity contribution in [3.05, 3.63) is 11.6 Å². The van der Waals surface area contributed by atoms with Crippen LogP contribution in [-0.2, 0) is 9.53 Å². The number of carboxylic acids is 1. The van der Waals surface area contributed by atoms with Crippen molar-refractivity contribution in [1.29, 1.82) is 0 Å². The molecule has 0 aliphatic carbocycles. The fourth-order valence-electron chi connectivity index (χ4n) is 0.776. The maximum Gasteiger partial charge on any atom is 0.407 e. The Labute approximate surface area is 82.7 Å². The molecule has 0 radical (unpaired) electrons. The molecule has 0 heterocycles. The number of amides is 1. The molecule has 0 bridgehead atoms. The predicted molar refractivity (Wildman–Crippen MR) is 51.0 cm³/mol. The van der Waals surface area contributed by atoms with Crippen LogP contribution in [0.3, 0.4) is 0 Å². The van der Waals surface area contributed by atoms with E-state index in [0.29, 0.717) is 0 Å². The van der Waals surface area contributed by atoms with Crippen LogP contribution in [0.4, 0.5) is 4.79 Å². The highest BCUT2D eigenvalue weighted by molar-refractivity contribution is 5.79. The number of ether oxygens (including phenoxy) is 1. The molecule has 0 aliphatic rings. The summed E-state index contributed by atoms with van der Waals surface area (Å²) in [7, 11) is 1.19. The average molecular weight is 201 g/mol. The van der Waals surface area contributed by atoms with Gasteiger partial charge in [-0.3, -0.25) is 0 Å². The van der Waals surface area contributed by atoms with E-state index < -0.39 is 18.1 Å². The van der Waals surface area contributed by atoms with E-state index in [1.807, 2.05) is 13.8 Å². The lowest BCUT2D eigenvalue weighted by Crippen LogP contribution is -2.40. The molecule has 2 N–H and O–H groups in total. The number of carboxylic acid groups (broad SMARTS) is 1. The van der Waals surface area contributed by atoms with Crippen LogP contribution in [0.1, 0.15) is 20.3 Å². The van der Waals surface area contributed by atoms with Gasteiger partial charge in [0, 0.05) is 0 Å². The molecule has 80 valence electrons. The minimum atomic E-state index is -1.08. The van der Waals surface area contributed by atoms with Gasteiger partial charge >= 0.3 is 12.1 Å². The van der Waals surface area contributed by atoms with Crippen molar-refractivity contribution in [2.24, 2.45) is 0 Å². The zero-order chi connectivity index (χ0) is 11.1. The van der Waals surface area contributed by atoms with Crippen LogP contribution in [-0.4, -0.2) is 30.3 Å². The number of hydrogen-bond acceptors (Lipinski definition) is 3. The van der Waals surface area contributed by atoms with Gasteiger partial charge in [-0.15, -0.1) is 0 Å². The van der Waals surface area contributed by atoms with Crippen LogP contribution >= 0.6 is 0 Å². The van der Waals surface area contributed by atoms with Gasteiger partial charge in [0.15, 0.2) is 0 Å². The van der Waals surface area contributed by atoms with Gasteiger partial charge in [0.1, 0.15) is 6.04 Å². The van der Waals surface area contributed by atoms with Crippen LogP contribution in [0.5, 0.6) is 0 Å². The Hall–Kier alpha value is -1.52. The van der Waals surface area contributed by atoms with E-state index in [1.165, 1.54) is 7.11 Å². The van der Waals surface area contributed by atoms with Crippen molar-refractivity contribution < 1.29 is 19.4 Å². The number of carbonyl (C=O) groups excluding carboxylic acids is 1. The molecule has 5 nitrogen and oxygen atoms in total. The fraction of sp³-hybridized carbons (Fsp3) is 0.556. The quantitative estimate of drug-likeness (QED) is 0.669. The third kappa shape index (κ3) is 5.18. The monoisotopic (exact) mass is 201 g/mol. The molecule has 0 aromatic heterocycles. The van der Waals surface area contributed by atoms with Crippen molar-refractivity contribution in [1.82, 2.24) is 5.32 Å². The molecule has 0 spiro atoms. The minimum Gasteiger partial charge on any atom is -0.480 e. The minimum absolute atomic E-state index is 0.257. The Morgan fingerprint density at radius 2 is 2.07 bits per heavy atom. The molecule has 1 unspecified atom stereocenters. The lowest BCUT2D eigenvalue weighted by molar-refractivity contribution is -0.139. The second-order valence-electron chi connectivity index (χ2n) is 3.04. The molecule has 0 saturated heterocycles. The van der Waals surface area contributed by atoms with Crippen molar-refractivity contribution in [3.63, 3.8) is 0 Å². The Kier molecular flexibility index (Phi) is 5.36. The summed E-state index contributed by atoms with van der Waals surface area (Å²) in [5, 5.41) is 10.9. The Morgan fingerprint density at radius 1 is 1.50 bits per heavy atom. The van der Waals surface area contributed by atoms with Gasteiger partial charge in [-0.25, -0.2) is 9.59 Å². The summed E-state index contributed by atoms with van der Waals surface area (Å²) in [6.07, 6.45) is 1.26. The highest BCUT2D eigenvalue weighted by atomic mass is 16.5. The molecule has 0 saturated carbocycles. The summed E-state index contributed by atoms with van der Waals surface area (Å²) in [4.78, 5) is 21.4. The molecule has 1 amide bonds. The standard InChI is InChI=1S/C9H15NO4/c1-6(2)4-5-7(8(11)12)10-9(13)14-3/h4,7H,5H2,1-3H3,(H,10,13)(H,11,12). The van der Waals surface area contributed by atoms with E-state index >= 15 is 0 Å². The SMILES string of the molecule is COC(=O)NC(CC=C(C)C)C(=O)O. The van der Waals surface area contributed by atoms with Crippen molar-refractivity contribution in [3.8, 4) is 0 Å². The van der Waals surface area contributed by atoms with Crippen molar-refractivity contribution in [2.75, 3.05) is 7.11 Å². The first-order valence-electron chi connectivity index (χ1n) is 4.18. The highest BCUT2D eigenvalue weighted by Gasteiger charge is 2.18. The molecular formula is C9H15NO4. The number of alkyl carbamates (subject to hydrolysis) is 1. The van der Waals surface area contributed by atoms with Gasteiger partial charge in [-0.2, -0.15) is 0 Å². The third-order valence-corrected chi connectivity index (χ3v) is 1.54. The van der Waals surface area contributed by atoms with Crippen molar-refractivity contribution >= 4 is 12.1 Å². The Morgan fingerprint density at radius 3 is 2.43 bits per heavy atom. The fourth-order valence-corrected chi connectivity index (χ4v) is 0.776. The second kappa shape index (κ2) is 6.01. The van der Waals surface area contributed by atoms with Crippen LogP contribution in [0.2, 0.25) is 0 Å². The Balaban J connectivity index is 4.24. The maximum absolute atomic E-state index is 10.8. The van der Waals surface area contributed by atoms with E-state index in [1.54, 1.807) is 6.08 Å².